The van der Waals surface area contributed by atoms with Crippen LogP contribution in [0.4, 0.5) is 34.1 Å². The molecule has 1 aliphatic heterocycles. The van der Waals surface area contributed by atoms with Gasteiger partial charge >= 0.3 is 0 Å². The second kappa shape index (κ2) is 11.8. The topological polar surface area (TPSA) is 6.48 Å². The first-order chi connectivity index (χ1) is 23.1. The highest BCUT2D eigenvalue weighted by Crippen LogP contribution is 2.52. The first-order valence-electron chi connectivity index (χ1n) is 16.3. The van der Waals surface area contributed by atoms with Gasteiger partial charge in [-0.05, 0) is 100 Å². The molecule has 0 spiro atoms. The van der Waals surface area contributed by atoms with Gasteiger partial charge in [-0.1, -0.05) is 129 Å². The molecular formula is C45H36N2. The zero-order valence-corrected chi connectivity index (χ0v) is 26.7. The summed E-state index contributed by atoms with van der Waals surface area (Å²) >= 11 is 0. The Morgan fingerprint density at radius 3 is 1.40 bits per heavy atom. The highest BCUT2D eigenvalue weighted by atomic mass is 15.2. The van der Waals surface area contributed by atoms with Gasteiger partial charge in [0.25, 0.3) is 0 Å². The monoisotopic (exact) mass is 604 g/mol. The molecule has 0 radical (unpaired) electrons. The van der Waals surface area contributed by atoms with Gasteiger partial charge < -0.3 is 9.80 Å². The van der Waals surface area contributed by atoms with Crippen molar-refractivity contribution >= 4 is 34.1 Å². The third-order valence-electron chi connectivity index (χ3n) is 9.45. The number of hydrogen-bond acceptors (Lipinski definition) is 2. The molecule has 8 rings (SSSR count). The Labute approximate surface area is 277 Å². The van der Waals surface area contributed by atoms with Crippen molar-refractivity contribution in [3.05, 3.63) is 193 Å². The third kappa shape index (κ3) is 5.18. The van der Waals surface area contributed by atoms with Gasteiger partial charge in [0.05, 0.1) is 11.4 Å². The minimum atomic E-state index is -0.137. The molecule has 1 heterocycles. The molecule has 47 heavy (non-hydrogen) atoms. The van der Waals surface area contributed by atoms with E-state index in [9.17, 15) is 0 Å². The second-order valence-corrected chi connectivity index (χ2v) is 12.7. The van der Waals surface area contributed by atoms with Gasteiger partial charge in [-0.2, -0.15) is 0 Å². The summed E-state index contributed by atoms with van der Waals surface area (Å²) < 4.78 is 0. The van der Waals surface area contributed by atoms with Crippen LogP contribution in [-0.2, 0) is 5.41 Å². The Morgan fingerprint density at radius 1 is 0.383 bits per heavy atom. The standard InChI is InChI=1S/C45H36N2/c1-45(2)41-20-12-13-21-43(41)47(39-18-10-5-11-19-39)44-31-28-36(32-42(44)45)35-24-22-33(23-25-35)34-26-29-40(30-27-34)46(37-14-6-3-7-15-37)38-16-8-4-9-17-38/h3-32H,1-2H3. The summed E-state index contributed by atoms with van der Waals surface area (Å²) in [5, 5.41) is 0. The van der Waals surface area contributed by atoms with E-state index in [4.69, 9.17) is 0 Å². The van der Waals surface area contributed by atoms with Crippen molar-refractivity contribution in [1.82, 2.24) is 0 Å². The average molecular weight is 605 g/mol. The van der Waals surface area contributed by atoms with E-state index in [1.54, 1.807) is 0 Å². The van der Waals surface area contributed by atoms with E-state index in [1.165, 1.54) is 50.4 Å². The summed E-state index contributed by atoms with van der Waals surface area (Å²) in [5.41, 5.74) is 14.4. The van der Waals surface area contributed by atoms with Gasteiger partial charge in [0.2, 0.25) is 0 Å². The number of fused-ring (bicyclic) bond motifs is 2. The summed E-state index contributed by atoms with van der Waals surface area (Å²) in [7, 11) is 0. The maximum Gasteiger partial charge on any atom is 0.0503 e. The molecule has 0 saturated heterocycles. The molecule has 0 N–H and O–H groups in total. The molecule has 0 fully saturated rings. The predicted molar refractivity (Wildman–Crippen MR) is 199 cm³/mol. The number of para-hydroxylation sites is 4. The first kappa shape index (κ1) is 28.6. The van der Waals surface area contributed by atoms with E-state index in [0.717, 1.165) is 17.1 Å². The molecule has 0 atom stereocenters. The lowest BCUT2D eigenvalue weighted by Gasteiger charge is -2.42. The SMILES string of the molecule is CC1(C)c2ccccc2N(c2ccccc2)c2ccc(-c3ccc(-c4ccc(N(c5ccccc5)c5ccccc5)cc4)cc3)cc21. The molecule has 2 nitrogen and oxygen atoms in total. The molecule has 7 aromatic carbocycles. The van der Waals surface area contributed by atoms with E-state index < -0.39 is 0 Å². The smallest absolute Gasteiger partial charge is 0.0503 e. The average Bonchev–Trinajstić information content (AvgIpc) is 3.14. The molecule has 0 aromatic heterocycles. The van der Waals surface area contributed by atoms with Crippen molar-refractivity contribution in [2.75, 3.05) is 9.80 Å². The summed E-state index contributed by atoms with van der Waals surface area (Å²) in [6.45, 7) is 4.69. The van der Waals surface area contributed by atoms with Gasteiger partial charge in [-0.15, -0.1) is 0 Å². The van der Waals surface area contributed by atoms with Crippen molar-refractivity contribution in [2.24, 2.45) is 0 Å². The molecule has 7 aromatic rings. The van der Waals surface area contributed by atoms with Crippen molar-refractivity contribution in [3.63, 3.8) is 0 Å². The van der Waals surface area contributed by atoms with Crippen molar-refractivity contribution in [2.45, 2.75) is 19.3 Å². The van der Waals surface area contributed by atoms with Crippen LogP contribution in [0.15, 0.2) is 182 Å². The normalized spacial score (nSPS) is 13.0. The maximum atomic E-state index is 2.41. The molecule has 0 saturated carbocycles. The summed E-state index contributed by atoms with van der Waals surface area (Å²) in [6.07, 6.45) is 0. The van der Waals surface area contributed by atoms with Gasteiger partial charge in [0, 0.05) is 28.2 Å². The minimum absolute atomic E-state index is 0.137. The number of rotatable bonds is 6. The van der Waals surface area contributed by atoms with Crippen LogP contribution in [0.2, 0.25) is 0 Å². The lowest BCUT2D eigenvalue weighted by atomic mass is 9.73. The van der Waals surface area contributed by atoms with E-state index in [2.05, 4.69) is 206 Å². The summed E-state index contributed by atoms with van der Waals surface area (Å²) in [4.78, 5) is 4.70. The lowest BCUT2D eigenvalue weighted by Crippen LogP contribution is -2.30. The predicted octanol–water partition coefficient (Wildman–Crippen LogP) is 12.6. The quantitative estimate of drug-likeness (QED) is 0.186. The molecule has 0 unspecified atom stereocenters. The van der Waals surface area contributed by atoms with Crippen LogP contribution < -0.4 is 9.80 Å². The van der Waals surface area contributed by atoms with Crippen molar-refractivity contribution in [1.29, 1.82) is 0 Å². The van der Waals surface area contributed by atoms with Gasteiger partial charge in [0.1, 0.15) is 0 Å². The maximum absolute atomic E-state index is 2.41. The number of nitrogens with zero attached hydrogens (tertiary/aromatic N) is 2. The van der Waals surface area contributed by atoms with Crippen molar-refractivity contribution in [3.8, 4) is 22.3 Å². The summed E-state index contributed by atoms with van der Waals surface area (Å²) in [5.74, 6) is 0. The van der Waals surface area contributed by atoms with Gasteiger partial charge in [0.15, 0.2) is 0 Å². The molecule has 2 heteroatoms. The fraction of sp³-hybridized carbons (Fsp3) is 0.0667. The zero-order chi connectivity index (χ0) is 31.8. The van der Waals surface area contributed by atoms with Crippen LogP contribution in [0.3, 0.4) is 0 Å². The second-order valence-electron chi connectivity index (χ2n) is 12.7. The number of hydrogen-bond donors (Lipinski definition) is 0. The van der Waals surface area contributed by atoms with Crippen LogP contribution in [0.25, 0.3) is 22.3 Å². The molecule has 0 amide bonds. The lowest BCUT2D eigenvalue weighted by molar-refractivity contribution is 0.632. The first-order valence-corrected chi connectivity index (χ1v) is 16.3. The molecule has 226 valence electrons. The van der Waals surface area contributed by atoms with Gasteiger partial charge in [-0.25, -0.2) is 0 Å². The van der Waals surface area contributed by atoms with Crippen molar-refractivity contribution < 1.29 is 0 Å². The highest BCUT2D eigenvalue weighted by molar-refractivity contribution is 5.87. The van der Waals surface area contributed by atoms with E-state index in [0.29, 0.717) is 0 Å². The fourth-order valence-electron chi connectivity index (χ4n) is 7.00. The van der Waals surface area contributed by atoms with E-state index in [1.807, 2.05) is 0 Å². The molecule has 0 bridgehead atoms. The van der Waals surface area contributed by atoms with Crippen LogP contribution in [0.5, 0.6) is 0 Å². The molecule has 0 aliphatic carbocycles. The van der Waals surface area contributed by atoms with Crippen LogP contribution in [0, 0.1) is 0 Å². The zero-order valence-electron chi connectivity index (χ0n) is 26.7. The minimum Gasteiger partial charge on any atom is -0.311 e. The Morgan fingerprint density at radius 2 is 0.809 bits per heavy atom. The Hall–Kier alpha value is -5.86. The number of anilines is 6. The summed E-state index contributed by atoms with van der Waals surface area (Å²) in [6, 6.07) is 65.4. The Bertz CT molecular complexity index is 2090. The number of benzene rings is 7. The third-order valence-corrected chi connectivity index (χ3v) is 9.45. The van der Waals surface area contributed by atoms with E-state index >= 15 is 0 Å². The fourth-order valence-corrected chi connectivity index (χ4v) is 7.00. The van der Waals surface area contributed by atoms with Crippen LogP contribution in [0.1, 0.15) is 25.0 Å². The van der Waals surface area contributed by atoms with E-state index in [-0.39, 0.29) is 5.41 Å². The largest absolute Gasteiger partial charge is 0.311 e. The Kier molecular flexibility index (Phi) is 7.19. The Balaban J connectivity index is 1.11. The van der Waals surface area contributed by atoms with Crippen LogP contribution in [-0.4, -0.2) is 0 Å². The molecule has 1 aliphatic rings. The molecular weight excluding hydrogens is 569 g/mol. The van der Waals surface area contributed by atoms with Gasteiger partial charge in [-0.3, -0.25) is 0 Å². The van der Waals surface area contributed by atoms with Crippen LogP contribution >= 0.6 is 0 Å². The highest BCUT2D eigenvalue weighted by Gasteiger charge is 2.36.